The van der Waals surface area contributed by atoms with Gasteiger partial charge >= 0.3 is 0 Å². The van der Waals surface area contributed by atoms with Gasteiger partial charge in [0.05, 0.1) is 17.6 Å². The molecule has 6 nitrogen and oxygen atoms in total. The topological polar surface area (TPSA) is 83.0 Å². The number of amides is 1. The van der Waals surface area contributed by atoms with Gasteiger partial charge in [-0.3, -0.25) is 4.79 Å². The zero-order valence-corrected chi connectivity index (χ0v) is 10.9. The summed E-state index contributed by atoms with van der Waals surface area (Å²) in [6.45, 7) is 2.90. The summed E-state index contributed by atoms with van der Waals surface area (Å²) < 4.78 is 5.10. The minimum absolute atomic E-state index is 0.0745. The molecular weight excluding hydrogens is 256 g/mol. The van der Waals surface area contributed by atoms with Crippen molar-refractivity contribution >= 4 is 5.91 Å². The molecule has 0 radical (unpaired) electrons. The molecule has 1 aliphatic heterocycles. The minimum atomic E-state index is -0.0745. The Balaban J connectivity index is 1.67. The van der Waals surface area contributed by atoms with Crippen molar-refractivity contribution in [1.82, 2.24) is 15.0 Å². The summed E-state index contributed by atoms with van der Waals surface area (Å²) in [4.78, 5) is 18.1. The highest BCUT2D eigenvalue weighted by Crippen LogP contribution is 2.27. The number of benzene rings is 1. The standard InChI is InChI=1S/C14H12N4O2/c1-9-16-13(20-17-9)12-7-18(8-12)14(19)11-4-2-3-10(5-11)6-15/h2-5,12H,7-8H2,1H3. The van der Waals surface area contributed by atoms with Gasteiger partial charge in [0, 0.05) is 18.7 Å². The summed E-state index contributed by atoms with van der Waals surface area (Å²) in [5.74, 6) is 1.22. The first kappa shape index (κ1) is 12.4. The predicted molar refractivity (Wildman–Crippen MR) is 68.8 cm³/mol. The molecule has 0 bridgehead atoms. The zero-order chi connectivity index (χ0) is 14.1. The van der Waals surface area contributed by atoms with Crippen LogP contribution >= 0.6 is 0 Å². The maximum atomic E-state index is 12.2. The maximum Gasteiger partial charge on any atom is 0.253 e. The fourth-order valence-electron chi connectivity index (χ4n) is 2.18. The summed E-state index contributed by atoms with van der Waals surface area (Å²) >= 11 is 0. The average molecular weight is 268 g/mol. The van der Waals surface area contributed by atoms with E-state index in [9.17, 15) is 4.79 Å². The molecule has 0 atom stereocenters. The van der Waals surface area contributed by atoms with E-state index in [0.29, 0.717) is 35.9 Å². The second kappa shape index (κ2) is 4.78. The van der Waals surface area contributed by atoms with Gasteiger partial charge in [-0.1, -0.05) is 11.2 Å². The van der Waals surface area contributed by atoms with Gasteiger partial charge in [-0.2, -0.15) is 10.2 Å². The highest BCUT2D eigenvalue weighted by molar-refractivity contribution is 5.95. The van der Waals surface area contributed by atoms with Crippen molar-refractivity contribution in [2.75, 3.05) is 13.1 Å². The lowest BCUT2D eigenvalue weighted by atomic mass is 9.98. The molecule has 2 heterocycles. The van der Waals surface area contributed by atoms with Crippen LogP contribution in [0.2, 0.25) is 0 Å². The van der Waals surface area contributed by atoms with Gasteiger partial charge in [0.2, 0.25) is 5.89 Å². The van der Waals surface area contributed by atoms with Crippen LogP contribution in [0.3, 0.4) is 0 Å². The summed E-state index contributed by atoms with van der Waals surface area (Å²) in [5, 5.41) is 12.6. The highest BCUT2D eigenvalue weighted by atomic mass is 16.5. The molecule has 1 amide bonds. The first-order chi connectivity index (χ1) is 9.67. The third-order valence-electron chi connectivity index (χ3n) is 3.30. The third-order valence-corrected chi connectivity index (χ3v) is 3.30. The van der Waals surface area contributed by atoms with Gasteiger partial charge < -0.3 is 9.42 Å². The quantitative estimate of drug-likeness (QED) is 0.824. The molecule has 1 aromatic heterocycles. The Morgan fingerprint density at radius 1 is 1.50 bits per heavy atom. The van der Waals surface area contributed by atoms with E-state index in [-0.39, 0.29) is 11.8 Å². The Bertz CT molecular complexity index is 695. The van der Waals surface area contributed by atoms with Crippen LogP contribution in [0.1, 0.15) is 33.6 Å². The molecule has 0 unspecified atom stereocenters. The second-order valence-electron chi connectivity index (χ2n) is 4.78. The van der Waals surface area contributed by atoms with Gasteiger partial charge in [0.25, 0.3) is 5.91 Å². The number of aromatic nitrogens is 2. The largest absolute Gasteiger partial charge is 0.339 e. The number of likely N-dealkylation sites (tertiary alicyclic amines) is 1. The number of carbonyl (C=O) groups is 1. The Morgan fingerprint density at radius 2 is 2.30 bits per heavy atom. The van der Waals surface area contributed by atoms with Crippen LogP contribution in [0.5, 0.6) is 0 Å². The fourth-order valence-corrected chi connectivity index (χ4v) is 2.18. The Morgan fingerprint density at radius 3 is 2.95 bits per heavy atom. The molecule has 1 fully saturated rings. The molecule has 20 heavy (non-hydrogen) atoms. The van der Waals surface area contributed by atoms with Crippen LogP contribution in [-0.4, -0.2) is 34.0 Å². The van der Waals surface area contributed by atoms with Crippen LogP contribution in [-0.2, 0) is 0 Å². The fraction of sp³-hybridized carbons (Fsp3) is 0.286. The molecule has 0 saturated carbocycles. The lowest BCUT2D eigenvalue weighted by molar-refractivity contribution is 0.0569. The molecule has 1 aliphatic rings. The van der Waals surface area contributed by atoms with Gasteiger partial charge in [-0.25, -0.2) is 0 Å². The molecule has 0 N–H and O–H groups in total. The molecular formula is C14H12N4O2. The van der Waals surface area contributed by atoms with Crippen molar-refractivity contribution < 1.29 is 9.32 Å². The molecule has 2 aromatic rings. The van der Waals surface area contributed by atoms with E-state index in [1.807, 2.05) is 6.07 Å². The van der Waals surface area contributed by atoms with Gasteiger partial charge in [-0.15, -0.1) is 0 Å². The summed E-state index contributed by atoms with van der Waals surface area (Å²) in [6, 6.07) is 8.74. The molecule has 1 saturated heterocycles. The van der Waals surface area contributed by atoms with Crippen LogP contribution in [0, 0.1) is 18.3 Å². The Labute approximate surface area is 115 Å². The van der Waals surface area contributed by atoms with Crippen molar-refractivity contribution in [3.63, 3.8) is 0 Å². The van der Waals surface area contributed by atoms with E-state index >= 15 is 0 Å². The van der Waals surface area contributed by atoms with E-state index in [0.717, 1.165) is 0 Å². The van der Waals surface area contributed by atoms with Crippen molar-refractivity contribution in [2.24, 2.45) is 0 Å². The van der Waals surface area contributed by atoms with Crippen molar-refractivity contribution in [2.45, 2.75) is 12.8 Å². The highest BCUT2D eigenvalue weighted by Gasteiger charge is 2.35. The van der Waals surface area contributed by atoms with Crippen LogP contribution in [0.25, 0.3) is 0 Å². The molecule has 0 spiro atoms. The maximum absolute atomic E-state index is 12.2. The lowest BCUT2D eigenvalue weighted by Crippen LogP contribution is -2.48. The van der Waals surface area contributed by atoms with Crippen molar-refractivity contribution in [3.8, 4) is 6.07 Å². The SMILES string of the molecule is Cc1noc(C2CN(C(=O)c3cccc(C#N)c3)C2)n1. The number of carbonyl (C=O) groups excluding carboxylic acids is 1. The number of nitrogens with zero attached hydrogens (tertiary/aromatic N) is 4. The smallest absolute Gasteiger partial charge is 0.253 e. The average Bonchev–Trinajstić information content (AvgIpc) is 2.83. The summed E-state index contributed by atoms with van der Waals surface area (Å²) in [7, 11) is 0. The van der Waals surface area contributed by atoms with Crippen LogP contribution in [0.4, 0.5) is 0 Å². The Kier molecular flexibility index (Phi) is 2.95. The summed E-state index contributed by atoms with van der Waals surface area (Å²) in [5.41, 5.74) is 1.02. The normalized spacial score (nSPS) is 14.7. The summed E-state index contributed by atoms with van der Waals surface area (Å²) in [6.07, 6.45) is 0. The van der Waals surface area contributed by atoms with Gasteiger partial charge in [0.1, 0.15) is 0 Å². The van der Waals surface area contributed by atoms with Crippen LogP contribution in [0.15, 0.2) is 28.8 Å². The van der Waals surface area contributed by atoms with E-state index in [1.165, 1.54) is 0 Å². The predicted octanol–water partition coefficient (Wildman–Crippen LogP) is 1.49. The zero-order valence-electron chi connectivity index (χ0n) is 10.9. The van der Waals surface area contributed by atoms with E-state index in [2.05, 4.69) is 10.1 Å². The first-order valence-electron chi connectivity index (χ1n) is 6.27. The van der Waals surface area contributed by atoms with Crippen LogP contribution < -0.4 is 0 Å². The lowest BCUT2D eigenvalue weighted by Gasteiger charge is -2.37. The first-order valence-corrected chi connectivity index (χ1v) is 6.27. The third kappa shape index (κ3) is 2.14. The second-order valence-corrected chi connectivity index (χ2v) is 4.78. The van der Waals surface area contributed by atoms with E-state index in [1.54, 1.807) is 36.1 Å². The van der Waals surface area contributed by atoms with Crippen molar-refractivity contribution in [3.05, 3.63) is 47.1 Å². The minimum Gasteiger partial charge on any atom is -0.339 e. The number of rotatable bonds is 2. The number of hydrogen-bond donors (Lipinski definition) is 0. The monoisotopic (exact) mass is 268 g/mol. The van der Waals surface area contributed by atoms with Crippen molar-refractivity contribution in [1.29, 1.82) is 5.26 Å². The van der Waals surface area contributed by atoms with Gasteiger partial charge in [-0.05, 0) is 25.1 Å². The number of nitriles is 1. The number of aryl methyl sites for hydroxylation is 1. The Hall–Kier alpha value is -2.68. The van der Waals surface area contributed by atoms with E-state index in [4.69, 9.17) is 9.78 Å². The van der Waals surface area contributed by atoms with E-state index < -0.39 is 0 Å². The van der Waals surface area contributed by atoms with Gasteiger partial charge in [0.15, 0.2) is 5.82 Å². The number of hydrogen-bond acceptors (Lipinski definition) is 5. The molecule has 6 heteroatoms. The molecule has 100 valence electrons. The molecule has 3 rings (SSSR count). The molecule has 1 aromatic carbocycles. The molecule has 0 aliphatic carbocycles.